The van der Waals surface area contributed by atoms with E-state index in [4.69, 9.17) is 0 Å². The molecule has 0 spiro atoms. The second-order valence-corrected chi connectivity index (χ2v) is 8.98. The van der Waals surface area contributed by atoms with Crippen LogP contribution in [0.3, 0.4) is 0 Å². The van der Waals surface area contributed by atoms with Crippen molar-refractivity contribution < 1.29 is 0 Å². The predicted molar refractivity (Wildman–Crippen MR) is 93.3 cm³/mol. The van der Waals surface area contributed by atoms with Crippen LogP contribution in [0.5, 0.6) is 0 Å². The van der Waals surface area contributed by atoms with Gasteiger partial charge < -0.3 is 0 Å². The third-order valence-corrected chi connectivity index (χ3v) is 2.26. The van der Waals surface area contributed by atoms with Crippen molar-refractivity contribution in [3.63, 3.8) is 0 Å². The van der Waals surface area contributed by atoms with E-state index >= 15 is 0 Å². The zero-order chi connectivity index (χ0) is 15.8. The van der Waals surface area contributed by atoms with Crippen LogP contribution in [0.25, 0.3) is 0 Å². The van der Waals surface area contributed by atoms with E-state index in [0.717, 1.165) is 0 Å². The van der Waals surface area contributed by atoms with Crippen molar-refractivity contribution in [2.45, 2.75) is 81.1 Å². The number of fused-ring (bicyclic) bond motifs is 1. The Balaban J connectivity index is 0.000000310. The summed E-state index contributed by atoms with van der Waals surface area (Å²) in [4.78, 5) is 0. The molecule has 0 radical (unpaired) electrons. The third-order valence-electron chi connectivity index (χ3n) is 2.26. The molecule has 1 aromatic carbocycles. The molecule has 0 nitrogen and oxygen atoms in total. The van der Waals surface area contributed by atoms with Crippen molar-refractivity contribution >= 4 is 0 Å². The van der Waals surface area contributed by atoms with Crippen LogP contribution < -0.4 is 0 Å². The van der Waals surface area contributed by atoms with Gasteiger partial charge in [-0.15, -0.1) is 0 Å². The van der Waals surface area contributed by atoms with Crippen LogP contribution in [-0.2, 0) is 12.8 Å². The van der Waals surface area contributed by atoms with E-state index in [-0.39, 0.29) is 0 Å². The fourth-order valence-corrected chi connectivity index (χ4v) is 1.68. The van der Waals surface area contributed by atoms with Gasteiger partial charge in [0.05, 0.1) is 0 Å². The zero-order valence-corrected chi connectivity index (χ0v) is 15.1. The van der Waals surface area contributed by atoms with Crippen LogP contribution in [0.4, 0.5) is 0 Å². The topological polar surface area (TPSA) is 0 Å². The summed E-state index contributed by atoms with van der Waals surface area (Å²) in [7, 11) is 0. The Morgan fingerprint density at radius 2 is 0.850 bits per heavy atom. The van der Waals surface area contributed by atoms with Gasteiger partial charge in [-0.3, -0.25) is 0 Å². The minimum absolute atomic E-state index is 0.500. The molecule has 0 bridgehead atoms. The van der Waals surface area contributed by atoms with Gasteiger partial charge in [0, 0.05) is 0 Å². The lowest BCUT2D eigenvalue weighted by atomic mass is 9.92. The molecule has 1 aliphatic rings. The van der Waals surface area contributed by atoms with Crippen molar-refractivity contribution in [1.29, 1.82) is 0 Å². The molecule has 0 unspecified atom stereocenters. The van der Waals surface area contributed by atoms with E-state index in [1.165, 1.54) is 25.7 Å². The highest BCUT2D eigenvalue weighted by Gasteiger charge is 2.06. The summed E-state index contributed by atoms with van der Waals surface area (Å²) < 4.78 is 0. The lowest BCUT2D eigenvalue weighted by molar-refractivity contribution is 0.469. The first-order valence-electron chi connectivity index (χ1n) is 8.03. The number of benzene rings is 1. The predicted octanol–water partition coefficient (Wildman–Crippen LogP) is 6.67. The minimum atomic E-state index is 0.500. The van der Waals surface area contributed by atoms with Crippen LogP contribution in [0, 0.1) is 10.8 Å². The first-order valence-corrected chi connectivity index (χ1v) is 8.03. The molecule has 20 heavy (non-hydrogen) atoms. The van der Waals surface area contributed by atoms with Gasteiger partial charge in [-0.1, -0.05) is 79.7 Å². The average Bonchev–Trinajstić information content (AvgIpc) is 2.25. The van der Waals surface area contributed by atoms with E-state index < -0.39 is 0 Å². The molecule has 1 aliphatic carbocycles. The Morgan fingerprint density at radius 3 is 1.10 bits per heavy atom. The molecular weight excluding hydrogens is 240 g/mol. The van der Waals surface area contributed by atoms with E-state index in [9.17, 15) is 0 Å². The van der Waals surface area contributed by atoms with E-state index in [2.05, 4.69) is 79.7 Å². The van der Waals surface area contributed by atoms with Gasteiger partial charge in [0.15, 0.2) is 0 Å². The molecule has 1 aromatic rings. The molecule has 0 saturated carbocycles. The average molecular weight is 277 g/mol. The fraction of sp³-hybridized carbons (Fsp3) is 0.700. The number of hydrogen-bond acceptors (Lipinski definition) is 0. The van der Waals surface area contributed by atoms with Crippen LogP contribution in [0.1, 0.15) is 79.4 Å². The summed E-state index contributed by atoms with van der Waals surface area (Å²) >= 11 is 0. The molecule has 0 amide bonds. The highest BCUT2D eigenvalue weighted by molar-refractivity contribution is 5.28. The summed E-state index contributed by atoms with van der Waals surface area (Å²) in [6.45, 7) is 17.5. The van der Waals surface area contributed by atoms with Crippen LogP contribution in [0.2, 0.25) is 0 Å². The number of rotatable bonds is 0. The molecule has 0 heterocycles. The highest BCUT2D eigenvalue weighted by Crippen LogP contribution is 2.19. The van der Waals surface area contributed by atoms with E-state index in [0.29, 0.717) is 10.8 Å². The van der Waals surface area contributed by atoms with Gasteiger partial charge in [-0.25, -0.2) is 0 Å². The lowest BCUT2D eigenvalue weighted by Crippen LogP contribution is -2.00. The van der Waals surface area contributed by atoms with Crippen LogP contribution in [-0.4, -0.2) is 0 Å². The van der Waals surface area contributed by atoms with Gasteiger partial charge >= 0.3 is 0 Å². The highest BCUT2D eigenvalue weighted by atomic mass is 14.1. The third kappa shape index (κ3) is 15.3. The first kappa shape index (κ1) is 19.2. The molecule has 116 valence electrons. The fourth-order valence-electron chi connectivity index (χ4n) is 1.68. The molecule has 0 N–H and O–H groups in total. The van der Waals surface area contributed by atoms with Gasteiger partial charge in [-0.2, -0.15) is 0 Å². The minimum Gasteiger partial charge on any atom is -0.0620 e. The summed E-state index contributed by atoms with van der Waals surface area (Å²) in [6, 6.07) is 8.80. The molecule has 0 fully saturated rings. The number of hydrogen-bond donors (Lipinski definition) is 0. The molecule has 0 aliphatic heterocycles. The van der Waals surface area contributed by atoms with Crippen LogP contribution in [0.15, 0.2) is 24.3 Å². The van der Waals surface area contributed by atoms with Gasteiger partial charge in [0.1, 0.15) is 0 Å². The van der Waals surface area contributed by atoms with Gasteiger partial charge in [-0.05, 0) is 47.6 Å². The Hall–Kier alpha value is -0.780. The summed E-state index contributed by atoms with van der Waals surface area (Å²) in [5, 5.41) is 0. The molecule has 0 heteroatoms. The van der Waals surface area contributed by atoms with Gasteiger partial charge in [0.25, 0.3) is 0 Å². The lowest BCUT2D eigenvalue weighted by Gasteiger charge is -2.13. The van der Waals surface area contributed by atoms with Gasteiger partial charge in [0.2, 0.25) is 0 Å². The molecule has 0 aromatic heterocycles. The SMILES string of the molecule is CC(C)(C)C.CC(C)(C)C.c1ccc2c(c1)CCCC2. The molecular formula is C20H36. The second-order valence-electron chi connectivity index (χ2n) is 8.98. The van der Waals surface area contributed by atoms with Crippen molar-refractivity contribution in [3.8, 4) is 0 Å². The number of aryl methyl sites for hydroxylation is 2. The van der Waals surface area contributed by atoms with E-state index in [1.807, 2.05) is 0 Å². The monoisotopic (exact) mass is 276 g/mol. The summed E-state index contributed by atoms with van der Waals surface area (Å²) in [5.74, 6) is 0. The zero-order valence-electron chi connectivity index (χ0n) is 15.1. The van der Waals surface area contributed by atoms with Crippen molar-refractivity contribution in [3.05, 3.63) is 35.4 Å². The Bertz CT molecular complexity index is 311. The molecule has 2 rings (SSSR count). The molecule has 0 saturated heterocycles. The Kier molecular flexibility index (Phi) is 8.16. The quantitative estimate of drug-likeness (QED) is 0.496. The normalized spacial score (nSPS) is 14.2. The maximum absolute atomic E-state index is 2.26. The first-order chi connectivity index (χ1) is 8.97. The van der Waals surface area contributed by atoms with Crippen LogP contribution >= 0.6 is 0 Å². The van der Waals surface area contributed by atoms with Crippen molar-refractivity contribution in [1.82, 2.24) is 0 Å². The molecule has 0 atom stereocenters. The van der Waals surface area contributed by atoms with Crippen molar-refractivity contribution in [2.75, 3.05) is 0 Å². The largest absolute Gasteiger partial charge is 0.0620 e. The van der Waals surface area contributed by atoms with Crippen molar-refractivity contribution in [2.24, 2.45) is 10.8 Å². The Morgan fingerprint density at radius 1 is 0.600 bits per heavy atom. The Labute approximate surface area is 128 Å². The van der Waals surface area contributed by atoms with E-state index in [1.54, 1.807) is 11.1 Å². The maximum atomic E-state index is 2.26. The second kappa shape index (κ2) is 8.49. The summed E-state index contributed by atoms with van der Waals surface area (Å²) in [6.07, 6.45) is 5.38. The summed E-state index contributed by atoms with van der Waals surface area (Å²) in [5.41, 5.74) is 4.16. The maximum Gasteiger partial charge on any atom is -0.0276 e. The standard InChI is InChI=1S/C10H12.2C5H12/c1-2-6-10-8-4-3-7-9(10)5-1;2*1-5(2,3)4/h1-2,5-6H,3-4,7-8H2;2*1-4H3. The smallest absolute Gasteiger partial charge is 0.0276 e.